The van der Waals surface area contributed by atoms with Crippen molar-refractivity contribution in [3.8, 4) is 6.07 Å². The highest BCUT2D eigenvalue weighted by atomic mass is 19.1. The van der Waals surface area contributed by atoms with E-state index in [9.17, 15) is 4.39 Å². The van der Waals surface area contributed by atoms with Crippen LogP contribution in [0, 0.1) is 17.1 Å². The van der Waals surface area contributed by atoms with Crippen LogP contribution in [0.3, 0.4) is 0 Å². The summed E-state index contributed by atoms with van der Waals surface area (Å²) >= 11 is 0. The van der Waals surface area contributed by atoms with Crippen LogP contribution in [-0.2, 0) is 0 Å². The molecule has 0 radical (unpaired) electrons. The van der Waals surface area contributed by atoms with Gasteiger partial charge in [-0.2, -0.15) is 5.26 Å². The van der Waals surface area contributed by atoms with Gasteiger partial charge in [0, 0.05) is 17.0 Å². The van der Waals surface area contributed by atoms with Crippen molar-refractivity contribution in [3.63, 3.8) is 0 Å². The lowest BCUT2D eigenvalue weighted by Crippen LogP contribution is -1.98. The Kier molecular flexibility index (Phi) is 2.68. The Morgan fingerprint density at radius 3 is 2.93 bits per heavy atom. The van der Waals surface area contributed by atoms with Gasteiger partial charge in [0.15, 0.2) is 0 Å². The molecule has 0 aromatic heterocycles. The number of rotatable bonds is 2. The highest BCUT2D eigenvalue weighted by molar-refractivity contribution is 5.51. The first-order valence-electron chi connectivity index (χ1n) is 4.94. The van der Waals surface area contributed by atoms with E-state index in [0.717, 1.165) is 30.5 Å². The van der Waals surface area contributed by atoms with Crippen LogP contribution in [0.2, 0.25) is 0 Å². The van der Waals surface area contributed by atoms with E-state index in [0.29, 0.717) is 5.69 Å². The van der Waals surface area contributed by atoms with Crippen LogP contribution in [0.1, 0.15) is 19.3 Å². The molecule has 0 saturated heterocycles. The number of nitrogens with one attached hydrogen (secondary N) is 1. The number of allylic oxidation sites excluding steroid dienone is 2. The fraction of sp³-hybridized carbons (Fsp3) is 0.250. The standard InChI is InChI=1S/C12H11FN2/c13-10-4-2-5-11(7-10)15-12-6-1-3-9(12)8-14/h2,4-5,7,15H,1,3,6H2. The van der Waals surface area contributed by atoms with Crippen molar-refractivity contribution >= 4 is 5.69 Å². The molecule has 76 valence electrons. The monoisotopic (exact) mass is 202 g/mol. The number of nitriles is 1. The Bertz CT molecular complexity index is 443. The average Bonchev–Trinajstić information content (AvgIpc) is 2.65. The average molecular weight is 202 g/mol. The van der Waals surface area contributed by atoms with Gasteiger partial charge in [-0.15, -0.1) is 0 Å². The van der Waals surface area contributed by atoms with Gasteiger partial charge >= 0.3 is 0 Å². The molecule has 2 rings (SSSR count). The Labute approximate surface area is 88.0 Å². The number of anilines is 1. The minimum atomic E-state index is -0.267. The lowest BCUT2D eigenvalue weighted by atomic mass is 10.2. The predicted molar refractivity (Wildman–Crippen MR) is 56.5 cm³/mol. The van der Waals surface area contributed by atoms with Crippen LogP contribution in [0.5, 0.6) is 0 Å². The van der Waals surface area contributed by atoms with Crippen LogP contribution in [0.25, 0.3) is 0 Å². The third kappa shape index (κ3) is 2.16. The molecule has 0 unspecified atom stereocenters. The summed E-state index contributed by atoms with van der Waals surface area (Å²) in [6.45, 7) is 0. The van der Waals surface area contributed by atoms with Gasteiger partial charge < -0.3 is 5.32 Å². The van der Waals surface area contributed by atoms with Crippen molar-refractivity contribution in [2.24, 2.45) is 0 Å². The zero-order chi connectivity index (χ0) is 10.7. The van der Waals surface area contributed by atoms with Crippen molar-refractivity contribution in [1.82, 2.24) is 0 Å². The summed E-state index contributed by atoms with van der Waals surface area (Å²) < 4.78 is 12.9. The second-order valence-electron chi connectivity index (χ2n) is 3.56. The first kappa shape index (κ1) is 9.72. The summed E-state index contributed by atoms with van der Waals surface area (Å²) in [6.07, 6.45) is 2.70. The van der Waals surface area contributed by atoms with Crippen molar-refractivity contribution in [2.45, 2.75) is 19.3 Å². The summed E-state index contributed by atoms with van der Waals surface area (Å²) in [4.78, 5) is 0. The molecule has 0 bridgehead atoms. The van der Waals surface area contributed by atoms with E-state index < -0.39 is 0 Å². The topological polar surface area (TPSA) is 35.8 Å². The van der Waals surface area contributed by atoms with Gasteiger partial charge in [0.1, 0.15) is 5.82 Å². The molecule has 0 aliphatic heterocycles. The third-order valence-corrected chi connectivity index (χ3v) is 2.47. The number of hydrogen-bond acceptors (Lipinski definition) is 2. The summed E-state index contributed by atoms with van der Waals surface area (Å²) in [5.74, 6) is -0.267. The van der Waals surface area contributed by atoms with Crippen LogP contribution < -0.4 is 5.32 Å². The molecule has 0 spiro atoms. The fourth-order valence-corrected chi connectivity index (χ4v) is 1.75. The number of benzene rings is 1. The Balaban J connectivity index is 2.19. The van der Waals surface area contributed by atoms with Gasteiger partial charge in [0.25, 0.3) is 0 Å². The molecule has 1 aromatic carbocycles. The molecular weight excluding hydrogens is 191 g/mol. The molecule has 15 heavy (non-hydrogen) atoms. The van der Waals surface area contributed by atoms with E-state index in [1.54, 1.807) is 12.1 Å². The van der Waals surface area contributed by atoms with Crippen molar-refractivity contribution < 1.29 is 4.39 Å². The maximum atomic E-state index is 12.9. The zero-order valence-electron chi connectivity index (χ0n) is 8.26. The van der Waals surface area contributed by atoms with Crippen LogP contribution in [0.4, 0.5) is 10.1 Å². The maximum absolute atomic E-state index is 12.9. The molecule has 0 fully saturated rings. The number of halogens is 1. The molecule has 2 nitrogen and oxygen atoms in total. The van der Waals surface area contributed by atoms with E-state index >= 15 is 0 Å². The van der Waals surface area contributed by atoms with Gasteiger partial charge in [-0.3, -0.25) is 0 Å². The highest BCUT2D eigenvalue weighted by Gasteiger charge is 2.13. The van der Waals surface area contributed by atoms with E-state index in [4.69, 9.17) is 5.26 Å². The molecule has 1 aliphatic carbocycles. The zero-order valence-corrected chi connectivity index (χ0v) is 8.26. The molecule has 1 N–H and O–H groups in total. The number of nitrogens with zero attached hydrogens (tertiary/aromatic N) is 1. The van der Waals surface area contributed by atoms with E-state index in [1.165, 1.54) is 12.1 Å². The van der Waals surface area contributed by atoms with Crippen LogP contribution in [-0.4, -0.2) is 0 Å². The van der Waals surface area contributed by atoms with Crippen molar-refractivity contribution in [2.75, 3.05) is 5.32 Å². The quantitative estimate of drug-likeness (QED) is 0.799. The molecule has 3 heteroatoms. The lowest BCUT2D eigenvalue weighted by molar-refractivity contribution is 0.628. The number of hydrogen-bond donors (Lipinski definition) is 1. The molecule has 1 aliphatic rings. The second-order valence-corrected chi connectivity index (χ2v) is 3.56. The molecule has 0 saturated carbocycles. The lowest BCUT2D eigenvalue weighted by Gasteiger charge is -2.07. The maximum Gasteiger partial charge on any atom is 0.125 e. The minimum absolute atomic E-state index is 0.267. The minimum Gasteiger partial charge on any atom is -0.358 e. The summed E-state index contributed by atoms with van der Waals surface area (Å²) in [7, 11) is 0. The largest absolute Gasteiger partial charge is 0.358 e. The van der Waals surface area contributed by atoms with E-state index in [-0.39, 0.29) is 5.82 Å². The summed E-state index contributed by atoms with van der Waals surface area (Å²) in [5, 5.41) is 11.9. The fourth-order valence-electron chi connectivity index (χ4n) is 1.75. The molecule has 0 atom stereocenters. The third-order valence-electron chi connectivity index (χ3n) is 2.47. The Morgan fingerprint density at radius 1 is 1.33 bits per heavy atom. The Morgan fingerprint density at radius 2 is 2.20 bits per heavy atom. The first-order chi connectivity index (χ1) is 7.29. The molecule has 1 aromatic rings. The van der Waals surface area contributed by atoms with Gasteiger partial charge in [0.05, 0.1) is 6.07 Å². The Hall–Kier alpha value is -1.82. The molecular formula is C12H11FN2. The second kappa shape index (κ2) is 4.14. The van der Waals surface area contributed by atoms with Crippen LogP contribution in [0.15, 0.2) is 35.5 Å². The van der Waals surface area contributed by atoms with Crippen molar-refractivity contribution in [1.29, 1.82) is 5.26 Å². The highest BCUT2D eigenvalue weighted by Crippen LogP contribution is 2.26. The summed E-state index contributed by atoms with van der Waals surface area (Å²) in [5.41, 5.74) is 2.43. The van der Waals surface area contributed by atoms with Crippen molar-refractivity contribution in [3.05, 3.63) is 41.4 Å². The van der Waals surface area contributed by atoms with E-state index in [2.05, 4.69) is 11.4 Å². The molecule has 0 amide bonds. The van der Waals surface area contributed by atoms with Crippen LogP contribution >= 0.6 is 0 Å². The summed E-state index contributed by atoms with van der Waals surface area (Å²) in [6, 6.07) is 8.45. The van der Waals surface area contributed by atoms with Gasteiger partial charge in [-0.05, 0) is 37.5 Å². The van der Waals surface area contributed by atoms with E-state index in [1.807, 2.05) is 0 Å². The smallest absolute Gasteiger partial charge is 0.125 e. The van der Waals surface area contributed by atoms with Gasteiger partial charge in [-0.25, -0.2) is 4.39 Å². The van der Waals surface area contributed by atoms with Gasteiger partial charge in [0.2, 0.25) is 0 Å². The van der Waals surface area contributed by atoms with Gasteiger partial charge in [-0.1, -0.05) is 6.07 Å². The predicted octanol–water partition coefficient (Wildman–Crippen LogP) is 3.20. The normalized spacial score (nSPS) is 15.2. The SMILES string of the molecule is N#CC1=C(Nc2cccc(F)c2)CCC1. The first-order valence-corrected chi connectivity index (χ1v) is 4.94. The molecule has 0 heterocycles.